The third-order valence-electron chi connectivity index (χ3n) is 3.17. The van der Waals surface area contributed by atoms with Crippen LogP contribution in [0.25, 0.3) is 0 Å². The highest BCUT2D eigenvalue weighted by atomic mass is 16.5. The third kappa shape index (κ3) is 4.94. The summed E-state index contributed by atoms with van der Waals surface area (Å²) in [6, 6.07) is 0. The fourth-order valence-electron chi connectivity index (χ4n) is 1.27. The van der Waals surface area contributed by atoms with Gasteiger partial charge in [-0.2, -0.15) is 0 Å². The average Bonchev–Trinajstić information content (AvgIpc) is 2.24. The Bertz CT molecular complexity index is 228. The van der Waals surface area contributed by atoms with Crippen LogP contribution in [0.5, 0.6) is 0 Å². The molecular weight excluding hydrogens is 206 g/mol. The SMILES string of the molecule is CCC(C)(C)OCCCC(N)(CC)C(=O)O. The van der Waals surface area contributed by atoms with Crippen LogP contribution in [-0.4, -0.2) is 28.8 Å². The number of hydrogen-bond donors (Lipinski definition) is 2. The van der Waals surface area contributed by atoms with Gasteiger partial charge in [0.05, 0.1) is 5.60 Å². The first-order chi connectivity index (χ1) is 7.27. The number of nitrogens with two attached hydrogens (primary N) is 1. The first kappa shape index (κ1) is 15.4. The smallest absolute Gasteiger partial charge is 0.323 e. The predicted molar refractivity (Wildman–Crippen MR) is 64.4 cm³/mol. The lowest BCUT2D eigenvalue weighted by atomic mass is 9.92. The monoisotopic (exact) mass is 231 g/mol. The Kier molecular flexibility index (Phi) is 5.97. The zero-order valence-corrected chi connectivity index (χ0v) is 10.9. The molecule has 0 amide bonds. The van der Waals surface area contributed by atoms with Gasteiger partial charge in [0.1, 0.15) is 5.54 Å². The van der Waals surface area contributed by atoms with Gasteiger partial charge < -0.3 is 15.6 Å². The summed E-state index contributed by atoms with van der Waals surface area (Å²) in [5.74, 6) is -0.926. The topological polar surface area (TPSA) is 72.5 Å². The molecule has 0 fully saturated rings. The molecule has 0 heterocycles. The molecule has 0 aliphatic rings. The lowest BCUT2D eigenvalue weighted by Crippen LogP contribution is -2.47. The third-order valence-corrected chi connectivity index (χ3v) is 3.17. The van der Waals surface area contributed by atoms with Crippen molar-refractivity contribution in [2.24, 2.45) is 5.73 Å². The lowest BCUT2D eigenvalue weighted by Gasteiger charge is -2.26. The standard InChI is InChI=1S/C12H25NO3/c1-5-11(3,4)16-9-7-8-12(13,6-2)10(14)15/h5-9,13H2,1-4H3,(H,14,15). The van der Waals surface area contributed by atoms with Crippen molar-refractivity contribution in [2.45, 2.75) is 64.5 Å². The summed E-state index contributed by atoms with van der Waals surface area (Å²) in [5, 5.41) is 8.97. The van der Waals surface area contributed by atoms with Crippen LogP contribution in [-0.2, 0) is 9.53 Å². The van der Waals surface area contributed by atoms with Gasteiger partial charge in [-0.3, -0.25) is 4.79 Å². The van der Waals surface area contributed by atoms with Crippen LogP contribution in [0.3, 0.4) is 0 Å². The molecule has 0 rings (SSSR count). The van der Waals surface area contributed by atoms with Gasteiger partial charge in [0.25, 0.3) is 0 Å². The Balaban J connectivity index is 3.94. The van der Waals surface area contributed by atoms with E-state index in [1.807, 2.05) is 13.8 Å². The second-order valence-electron chi connectivity index (χ2n) is 4.88. The molecule has 0 saturated carbocycles. The highest BCUT2D eigenvalue weighted by molar-refractivity contribution is 5.78. The number of carboxylic acid groups (broad SMARTS) is 1. The predicted octanol–water partition coefficient (Wildman–Crippen LogP) is 2.16. The normalized spacial score (nSPS) is 15.8. The lowest BCUT2D eigenvalue weighted by molar-refractivity contribution is -0.144. The minimum atomic E-state index is -1.10. The minimum absolute atomic E-state index is 0.132. The quantitative estimate of drug-likeness (QED) is 0.628. The molecule has 96 valence electrons. The summed E-state index contributed by atoms with van der Waals surface area (Å²) < 4.78 is 5.65. The number of aliphatic carboxylic acids is 1. The molecule has 0 spiro atoms. The molecule has 0 aromatic heterocycles. The Morgan fingerprint density at radius 3 is 2.25 bits per heavy atom. The van der Waals surface area contributed by atoms with Crippen molar-refractivity contribution in [2.75, 3.05) is 6.61 Å². The Morgan fingerprint density at radius 1 is 1.31 bits per heavy atom. The molecule has 0 aliphatic heterocycles. The van der Waals surface area contributed by atoms with E-state index in [-0.39, 0.29) is 5.60 Å². The minimum Gasteiger partial charge on any atom is -0.480 e. The first-order valence-electron chi connectivity index (χ1n) is 5.93. The van der Waals surface area contributed by atoms with Crippen molar-refractivity contribution >= 4 is 5.97 Å². The van der Waals surface area contributed by atoms with E-state index < -0.39 is 11.5 Å². The van der Waals surface area contributed by atoms with Crippen LogP contribution < -0.4 is 5.73 Å². The van der Waals surface area contributed by atoms with Crippen LogP contribution in [0.2, 0.25) is 0 Å². The summed E-state index contributed by atoms with van der Waals surface area (Å²) in [7, 11) is 0. The van der Waals surface area contributed by atoms with E-state index in [1.165, 1.54) is 0 Å². The van der Waals surface area contributed by atoms with E-state index in [0.29, 0.717) is 25.9 Å². The molecular formula is C12H25NO3. The van der Waals surface area contributed by atoms with Gasteiger partial charge in [-0.1, -0.05) is 13.8 Å². The highest BCUT2D eigenvalue weighted by Gasteiger charge is 2.31. The number of hydrogen-bond acceptors (Lipinski definition) is 3. The van der Waals surface area contributed by atoms with Gasteiger partial charge in [-0.05, 0) is 39.5 Å². The van der Waals surface area contributed by atoms with Gasteiger partial charge >= 0.3 is 5.97 Å². The van der Waals surface area contributed by atoms with E-state index in [4.69, 9.17) is 15.6 Å². The molecule has 4 heteroatoms. The molecule has 3 N–H and O–H groups in total. The fraction of sp³-hybridized carbons (Fsp3) is 0.917. The van der Waals surface area contributed by atoms with Crippen molar-refractivity contribution in [3.05, 3.63) is 0 Å². The van der Waals surface area contributed by atoms with Crippen LogP contribution in [0.1, 0.15) is 53.4 Å². The molecule has 0 bridgehead atoms. The number of rotatable bonds is 8. The maximum Gasteiger partial charge on any atom is 0.323 e. The van der Waals surface area contributed by atoms with E-state index >= 15 is 0 Å². The highest BCUT2D eigenvalue weighted by Crippen LogP contribution is 2.17. The van der Waals surface area contributed by atoms with Crippen LogP contribution in [0, 0.1) is 0 Å². The van der Waals surface area contributed by atoms with E-state index in [2.05, 4.69) is 6.92 Å². The van der Waals surface area contributed by atoms with Crippen molar-refractivity contribution in [3.8, 4) is 0 Å². The zero-order chi connectivity index (χ0) is 12.8. The van der Waals surface area contributed by atoms with Crippen LogP contribution >= 0.6 is 0 Å². The summed E-state index contributed by atoms with van der Waals surface area (Å²) in [5.41, 5.74) is 4.54. The molecule has 0 saturated heterocycles. The maximum atomic E-state index is 10.9. The Labute approximate surface area is 98.2 Å². The van der Waals surface area contributed by atoms with E-state index in [0.717, 1.165) is 6.42 Å². The molecule has 4 nitrogen and oxygen atoms in total. The number of carboxylic acids is 1. The molecule has 1 unspecified atom stereocenters. The van der Waals surface area contributed by atoms with Crippen LogP contribution in [0.15, 0.2) is 0 Å². The number of ether oxygens (including phenoxy) is 1. The molecule has 16 heavy (non-hydrogen) atoms. The summed E-state index contributed by atoms with van der Waals surface area (Å²) in [6.07, 6.45) is 2.52. The molecule has 0 aliphatic carbocycles. The number of carbonyl (C=O) groups is 1. The molecule has 0 aromatic rings. The average molecular weight is 231 g/mol. The van der Waals surface area contributed by atoms with Gasteiger partial charge in [0.2, 0.25) is 0 Å². The van der Waals surface area contributed by atoms with Gasteiger partial charge in [0.15, 0.2) is 0 Å². The Hall–Kier alpha value is -0.610. The second kappa shape index (κ2) is 6.21. The summed E-state index contributed by atoms with van der Waals surface area (Å²) in [4.78, 5) is 10.9. The molecule has 0 radical (unpaired) electrons. The molecule has 1 atom stereocenters. The van der Waals surface area contributed by atoms with Crippen molar-refractivity contribution in [1.29, 1.82) is 0 Å². The van der Waals surface area contributed by atoms with Gasteiger partial charge in [-0.25, -0.2) is 0 Å². The van der Waals surface area contributed by atoms with Crippen LogP contribution in [0.4, 0.5) is 0 Å². The van der Waals surface area contributed by atoms with E-state index in [9.17, 15) is 4.79 Å². The Morgan fingerprint density at radius 2 is 1.88 bits per heavy atom. The summed E-state index contributed by atoms with van der Waals surface area (Å²) >= 11 is 0. The van der Waals surface area contributed by atoms with Crippen molar-refractivity contribution in [3.63, 3.8) is 0 Å². The van der Waals surface area contributed by atoms with Crippen molar-refractivity contribution in [1.82, 2.24) is 0 Å². The largest absolute Gasteiger partial charge is 0.480 e. The fourth-order valence-corrected chi connectivity index (χ4v) is 1.27. The second-order valence-corrected chi connectivity index (χ2v) is 4.88. The van der Waals surface area contributed by atoms with Gasteiger partial charge in [-0.15, -0.1) is 0 Å². The zero-order valence-electron chi connectivity index (χ0n) is 10.9. The van der Waals surface area contributed by atoms with E-state index in [1.54, 1.807) is 6.92 Å². The first-order valence-corrected chi connectivity index (χ1v) is 5.93. The molecule has 0 aromatic carbocycles. The van der Waals surface area contributed by atoms with Crippen molar-refractivity contribution < 1.29 is 14.6 Å². The maximum absolute atomic E-state index is 10.9. The summed E-state index contributed by atoms with van der Waals surface area (Å²) in [6.45, 7) is 8.48. The van der Waals surface area contributed by atoms with Gasteiger partial charge in [0, 0.05) is 6.61 Å².